The van der Waals surface area contributed by atoms with Crippen molar-refractivity contribution in [2.24, 2.45) is 0 Å². The molecule has 0 aromatic carbocycles. The van der Waals surface area contributed by atoms with E-state index in [1.165, 1.54) is 4.90 Å². The predicted octanol–water partition coefficient (Wildman–Crippen LogP) is 6.20. The monoisotopic (exact) mass is 496 g/mol. The van der Waals surface area contributed by atoms with Crippen molar-refractivity contribution in [2.45, 2.75) is 83.7 Å². The number of aromatic nitrogens is 3. The average Bonchev–Trinajstić information content (AvgIpc) is 2.98. The second-order valence-electron chi connectivity index (χ2n) is 9.63. The molecule has 2 heterocycles. The van der Waals surface area contributed by atoms with Crippen LogP contribution < -0.4 is 4.90 Å². The van der Waals surface area contributed by atoms with Gasteiger partial charge in [-0.1, -0.05) is 20.8 Å². The van der Waals surface area contributed by atoms with E-state index in [-0.39, 0.29) is 11.1 Å². The highest BCUT2D eigenvalue weighted by Gasteiger charge is 2.40. The van der Waals surface area contributed by atoms with Gasteiger partial charge in [0.1, 0.15) is 10.4 Å². The maximum Gasteiger partial charge on any atom is 0.412 e. The fourth-order valence-corrected chi connectivity index (χ4v) is 5.71. The van der Waals surface area contributed by atoms with Crippen LogP contribution in [0.4, 0.5) is 10.6 Å². The summed E-state index contributed by atoms with van der Waals surface area (Å²) >= 11 is 3.54. The highest BCUT2D eigenvalue weighted by atomic mass is 79.9. The Bertz CT molecular complexity index is 917. The maximum atomic E-state index is 11.5. The Morgan fingerprint density at radius 2 is 1.97 bits per heavy atom. The molecule has 1 aliphatic rings. The van der Waals surface area contributed by atoms with E-state index in [2.05, 4.69) is 54.8 Å². The zero-order valence-corrected chi connectivity index (χ0v) is 21.4. The van der Waals surface area contributed by atoms with E-state index >= 15 is 0 Å². The molecule has 166 valence electrons. The molecule has 2 aromatic rings. The second-order valence-corrected chi connectivity index (χ2v) is 15.1. The fourth-order valence-electron chi connectivity index (χ4n) is 3.81. The number of hydrogen-bond acceptors (Lipinski definition) is 4. The lowest BCUT2D eigenvalue weighted by Gasteiger charge is -2.41. The minimum atomic E-state index is -1.77. The number of carboxylic acid groups (broad SMARTS) is 1. The van der Waals surface area contributed by atoms with Crippen molar-refractivity contribution in [1.29, 1.82) is 0 Å². The van der Waals surface area contributed by atoms with Crippen LogP contribution in [-0.4, -0.2) is 46.9 Å². The van der Waals surface area contributed by atoms with Gasteiger partial charge in [-0.05, 0) is 66.7 Å². The zero-order valence-electron chi connectivity index (χ0n) is 18.8. The first kappa shape index (κ1) is 23.2. The molecule has 0 radical (unpaired) electrons. The van der Waals surface area contributed by atoms with Crippen LogP contribution in [-0.2, 0) is 4.43 Å². The zero-order chi connectivity index (χ0) is 22.3. The maximum absolute atomic E-state index is 11.5. The average molecular weight is 498 g/mol. The quantitative estimate of drug-likeness (QED) is 0.497. The molecule has 9 heteroatoms. The lowest BCUT2D eigenvalue weighted by Crippen LogP contribution is -2.44. The van der Waals surface area contributed by atoms with Crippen LogP contribution in [0, 0.1) is 0 Å². The summed E-state index contributed by atoms with van der Waals surface area (Å²) in [4.78, 5) is 17.1. The van der Waals surface area contributed by atoms with Gasteiger partial charge in [0.15, 0.2) is 8.32 Å². The van der Waals surface area contributed by atoms with Gasteiger partial charge in [-0.25, -0.2) is 9.78 Å². The molecule has 0 saturated heterocycles. The number of rotatable bonds is 5. The first-order valence-electron chi connectivity index (χ1n) is 10.7. The number of amides is 1. The standard InChI is InChI=1S/C21H33BrN4O3Si/c1-7-25(20(27)28)18-12-17-16(13-23-18)19(22)24-26(17)14-8-10-15(11-9-14)29-30(5,6)21(2,3)4/h12-15H,7-11H2,1-6H3,(H,27,28)/t14-,15-. The molecule has 0 bridgehead atoms. The van der Waals surface area contributed by atoms with Crippen LogP contribution >= 0.6 is 15.9 Å². The molecule has 0 spiro atoms. The summed E-state index contributed by atoms with van der Waals surface area (Å²) in [5.41, 5.74) is 0.917. The number of pyridine rings is 1. The number of nitrogens with zero attached hydrogens (tertiary/aromatic N) is 4. The van der Waals surface area contributed by atoms with Gasteiger partial charge in [-0.3, -0.25) is 9.58 Å². The Hall–Kier alpha value is -1.45. The SMILES string of the molecule is CCN(C(=O)O)c1cc2c(cn1)c(Br)nn2[C@H]1CC[C@H](O[Si](C)(C)C(C)(C)C)CC1. The van der Waals surface area contributed by atoms with Crippen molar-refractivity contribution in [3.63, 3.8) is 0 Å². The summed E-state index contributed by atoms with van der Waals surface area (Å²) < 4.78 is 9.42. The molecule has 30 heavy (non-hydrogen) atoms. The summed E-state index contributed by atoms with van der Waals surface area (Å²) in [5.74, 6) is 0.432. The normalized spacial score (nSPS) is 20.5. The molecule has 0 aliphatic heterocycles. The number of fused-ring (bicyclic) bond motifs is 1. The molecule has 1 saturated carbocycles. The Balaban J connectivity index is 1.80. The molecular weight excluding hydrogens is 464 g/mol. The van der Waals surface area contributed by atoms with E-state index in [1.807, 2.05) is 10.7 Å². The first-order chi connectivity index (χ1) is 13.9. The largest absolute Gasteiger partial charge is 0.465 e. The van der Waals surface area contributed by atoms with Gasteiger partial charge in [0.2, 0.25) is 0 Å². The van der Waals surface area contributed by atoms with Crippen molar-refractivity contribution in [1.82, 2.24) is 14.8 Å². The van der Waals surface area contributed by atoms with Gasteiger partial charge in [0, 0.05) is 24.9 Å². The van der Waals surface area contributed by atoms with Crippen LogP contribution in [0.1, 0.15) is 59.4 Å². The summed E-state index contributed by atoms with van der Waals surface area (Å²) in [6, 6.07) is 2.11. The van der Waals surface area contributed by atoms with Gasteiger partial charge in [-0.2, -0.15) is 5.10 Å². The molecular formula is C21H33BrN4O3Si. The van der Waals surface area contributed by atoms with E-state index in [0.717, 1.165) is 41.2 Å². The van der Waals surface area contributed by atoms with Crippen LogP contribution in [0.5, 0.6) is 0 Å². The number of hydrogen-bond donors (Lipinski definition) is 1. The fraction of sp³-hybridized carbons (Fsp3) is 0.667. The third kappa shape index (κ3) is 4.57. The summed E-state index contributed by atoms with van der Waals surface area (Å²) in [7, 11) is -1.77. The van der Waals surface area contributed by atoms with Gasteiger partial charge in [0.05, 0.1) is 16.9 Å². The Kier molecular flexibility index (Phi) is 6.65. The van der Waals surface area contributed by atoms with E-state index in [1.54, 1.807) is 13.1 Å². The van der Waals surface area contributed by atoms with Gasteiger partial charge in [-0.15, -0.1) is 0 Å². The van der Waals surface area contributed by atoms with E-state index in [9.17, 15) is 9.90 Å². The second kappa shape index (κ2) is 8.59. The molecule has 1 N–H and O–H groups in total. The van der Waals surface area contributed by atoms with Crippen LogP contribution in [0.2, 0.25) is 18.1 Å². The third-order valence-electron chi connectivity index (χ3n) is 6.61. The van der Waals surface area contributed by atoms with Crippen molar-refractivity contribution >= 4 is 47.1 Å². The predicted molar refractivity (Wildman–Crippen MR) is 126 cm³/mol. The summed E-state index contributed by atoms with van der Waals surface area (Å²) in [6.45, 7) is 13.6. The Morgan fingerprint density at radius 3 is 2.50 bits per heavy atom. The third-order valence-corrected chi connectivity index (χ3v) is 11.7. The molecule has 0 unspecified atom stereocenters. The van der Waals surface area contributed by atoms with Crippen LogP contribution in [0.3, 0.4) is 0 Å². The molecule has 1 amide bonds. The molecule has 3 rings (SSSR count). The Morgan fingerprint density at radius 1 is 1.33 bits per heavy atom. The smallest absolute Gasteiger partial charge is 0.412 e. The van der Waals surface area contributed by atoms with Crippen molar-refractivity contribution < 1.29 is 14.3 Å². The minimum Gasteiger partial charge on any atom is -0.465 e. The number of carbonyl (C=O) groups is 1. The first-order valence-corrected chi connectivity index (χ1v) is 14.4. The highest BCUT2D eigenvalue weighted by molar-refractivity contribution is 9.10. The van der Waals surface area contributed by atoms with Crippen molar-refractivity contribution in [3.05, 3.63) is 16.9 Å². The van der Waals surface area contributed by atoms with E-state index < -0.39 is 14.4 Å². The molecule has 0 atom stereocenters. The van der Waals surface area contributed by atoms with Gasteiger partial charge >= 0.3 is 6.09 Å². The molecule has 7 nitrogen and oxygen atoms in total. The minimum absolute atomic E-state index is 0.214. The molecule has 1 aliphatic carbocycles. The lowest BCUT2D eigenvalue weighted by molar-refractivity contribution is 0.116. The number of halogens is 1. The topological polar surface area (TPSA) is 80.5 Å². The summed E-state index contributed by atoms with van der Waals surface area (Å²) in [5, 5.41) is 15.3. The van der Waals surface area contributed by atoms with Gasteiger partial charge < -0.3 is 9.53 Å². The molecule has 1 fully saturated rings. The highest BCUT2D eigenvalue weighted by Crippen LogP contribution is 2.41. The molecule has 2 aromatic heterocycles. The number of anilines is 1. The van der Waals surface area contributed by atoms with Crippen LogP contribution in [0.25, 0.3) is 10.9 Å². The lowest BCUT2D eigenvalue weighted by atomic mass is 9.93. The van der Waals surface area contributed by atoms with Gasteiger partial charge in [0.25, 0.3) is 0 Å². The van der Waals surface area contributed by atoms with Crippen LogP contribution in [0.15, 0.2) is 16.9 Å². The van der Waals surface area contributed by atoms with Crippen molar-refractivity contribution in [3.8, 4) is 0 Å². The van der Waals surface area contributed by atoms with Crippen molar-refractivity contribution in [2.75, 3.05) is 11.4 Å². The van der Waals surface area contributed by atoms with E-state index in [0.29, 0.717) is 18.5 Å². The summed E-state index contributed by atoms with van der Waals surface area (Å²) in [6.07, 6.45) is 5.04. The van der Waals surface area contributed by atoms with E-state index in [4.69, 9.17) is 9.52 Å². The Labute approximate surface area is 188 Å².